The second-order valence-corrected chi connectivity index (χ2v) is 4.63. The number of hydrogen-bond acceptors (Lipinski definition) is 4. The second kappa shape index (κ2) is 4.83. The fourth-order valence-electron chi connectivity index (χ4n) is 2.71. The molecule has 0 amide bonds. The summed E-state index contributed by atoms with van der Waals surface area (Å²) < 4.78 is 11.5. The van der Waals surface area contributed by atoms with E-state index in [1.807, 2.05) is 0 Å². The standard InChI is InChI=1S/C14H15NO3/c16-9-15-8-12-11-4-2-5-17-13(11)7-10-3-1-6-18-14(10)12/h7H,1-6,8H2. The van der Waals surface area contributed by atoms with E-state index >= 15 is 0 Å². The van der Waals surface area contributed by atoms with E-state index in [-0.39, 0.29) is 0 Å². The Morgan fingerprint density at radius 2 is 2.06 bits per heavy atom. The maximum absolute atomic E-state index is 10.4. The third-order valence-corrected chi connectivity index (χ3v) is 3.50. The van der Waals surface area contributed by atoms with Gasteiger partial charge in [-0.2, -0.15) is 0 Å². The van der Waals surface area contributed by atoms with Crippen molar-refractivity contribution in [3.63, 3.8) is 0 Å². The lowest BCUT2D eigenvalue weighted by atomic mass is 9.93. The summed E-state index contributed by atoms with van der Waals surface area (Å²) in [6.07, 6.45) is 5.61. The Morgan fingerprint density at radius 1 is 1.22 bits per heavy atom. The third-order valence-electron chi connectivity index (χ3n) is 3.50. The van der Waals surface area contributed by atoms with E-state index in [0.717, 1.165) is 61.5 Å². The number of ether oxygens (including phenoxy) is 2. The highest BCUT2D eigenvalue weighted by Gasteiger charge is 2.23. The Kier molecular flexibility index (Phi) is 3.03. The molecule has 0 fully saturated rings. The largest absolute Gasteiger partial charge is 0.493 e. The number of benzene rings is 1. The molecule has 2 heterocycles. The maximum Gasteiger partial charge on any atom is 0.235 e. The van der Waals surface area contributed by atoms with Gasteiger partial charge in [0.15, 0.2) is 0 Å². The van der Waals surface area contributed by atoms with Crippen molar-refractivity contribution in [3.8, 4) is 11.5 Å². The Bertz CT molecular complexity index is 484. The lowest BCUT2D eigenvalue weighted by molar-refractivity contribution is 0.269. The van der Waals surface area contributed by atoms with Crippen molar-refractivity contribution >= 4 is 6.08 Å². The molecular formula is C14H15NO3. The smallest absolute Gasteiger partial charge is 0.235 e. The molecule has 1 aromatic rings. The van der Waals surface area contributed by atoms with Crippen LogP contribution in [0.25, 0.3) is 0 Å². The summed E-state index contributed by atoms with van der Waals surface area (Å²) in [7, 11) is 0. The first-order valence-electron chi connectivity index (χ1n) is 6.37. The van der Waals surface area contributed by atoms with Gasteiger partial charge in [-0.05, 0) is 37.3 Å². The van der Waals surface area contributed by atoms with Crippen LogP contribution in [0.15, 0.2) is 11.1 Å². The van der Waals surface area contributed by atoms with Gasteiger partial charge in [0.25, 0.3) is 0 Å². The van der Waals surface area contributed by atoms with Gasteiger partial charge in [0.1, 0.15) is 11.5 Å². The monoisotopic (exact) mass is 245 g/mol. The van der Waals surface area contributed by atoms with Crippen LogP contribution in [0.5, 0.6) is 11.5 Å². The van der Waals surface area contributed by atoms with E-state index in [1.165, 1.54) is 5.56 Å². The number of aliphatic imine (C=N–C) groups is 1. The molecule has 0 bridgehead atoms. The maximum atomic E-state index is 10.4. The fraction of sp³-hybridized carbons (Fsp3) is 0.500. The lowest BCUT2D eigenvalue weighted by Crippen LogP contribution is -2.16. The van der Waals surface area contributed by atoms with Crippen LogP contribution < -0.4 is 9.47 Å². The van der Waals surface area contributed by atoms with E-state index < -0.39 is 0 Å². The first kappa shape index (κ1) is 11.3. The summed E-state index contributed by atoms with van der Waals surface area (Å²) in [5.41, 5.74) is 3.35. The lowest BCUT2D eigenvalue weighted by Gasteiger charge is -2.26. The average molecular weight is 245 g/mol. The number of isocyanates is 1. The molecule has 0 saturated carbocycles. The van der Waals surface area contributed by atoms with E-state index in [1.54, 1.807) is 6.08 Å². The van der Waals surface area contributed by atoms with Gasteiger partial charge >= 0.3 is 0 Å². The highest BCUT2D eigenvalue weighted by molar-refractivity contribution is 5.55. The molecule has 0 unspecified atom stereocenters. The Labute approximate surface area is 106 Å². The summed E-state index contributed by atoms with van der Waals surface area (Å²) in [5, 5.41) is 0. The van der Waals surface area contributed by atoms with Crippen molar-refractivity contribution in [1.82, 2.24) is 0 Å². The van der Waals surface area contributed by atoms with Crippen molar-refractivity contribution in [2.75, 3.05) is 13.2 Å². The molecule has 4 nitrogen and oxygen atoms in total. The van der Waals surface area contributed by atoms with Gasteiger partial charge in [-0.25, -0.2) is 9.79 Å². The van der Waals surface area contributed by atoms with Crippen LogP contribution >= 0.6 is 0 Å². The normalized spacial score (nSPS) is 16.7. The zero-order chi connectivity index (χ0) is 12.4. The first-order valence-corrected chi connectivity index (χ1v) is 6.37. The topological polar surface area (TPSA) is 47.9 Å². The van der Waals surface area contributed by atoms with Crippen LogP contribution in [0, 0.1) is 0 Å². The Morgan fingerprint density at radius 3 is 2.94 bits per heavy atom. The molecule has 94 valence electrons. The van der Waals surface area contributed by atoms with Crippen molar-refractivity contribution < 1.29 is 14.3 Å². The van der Waals surface area contributed by atoms with Gasteiger partial charge in [-0.3, -0.25) is 0 Å². The minimum atomic E-state index is 0.346. The van der Waals surface area contributed by atoms with Crippen LogP contribution in [-0.4, -0.2) is 19.3 Å². The molecule has 0 radical (unpaired) electrons. The van der Waals surface area contributed by atoms with Crippen LogP contribution in [0.1, 0.15) is 29.5 Å². The highest BCUT2D eigenvalue weighted by Crippen LogP contribution is 2.39. The van der Waals surface area contributed by atoms with E-state index in [0.29, 0.717) is 6.54 Å². The van der Waals surface area contributed by atoms with Crippen molar-refractivity contribution in [1.29, 1.82) is 0 Å². The minimum Gasteiger partial charge on any atom is -0.493 e. The predicted octanol–water partition coefficient (Wildman–Crippen LogP) is 2.17. The van der Waals surface area contributed by atoms with Crippen LogP contribution in [0.3, 0.4) is 0 Å². The number of rotatable bonds is 2. The molecule has 0 saturated heterocycles. The molecule has 18 heavy (non-hydrogen) atoms. The summed E-state index contributed by atoms with van der Waals surface area (Å²) in [4.78, 5) is 14.1. The van der Waals surface area contributed by atoms with Crippen LogP contribution in [-0.2, 0) is 24.2 Å². The van der Waals surface area contributed by atoms with Crippen LogP contribution in [0.2, 0.25) is 0 Å². The molecule has 4 heteroatoms. The third kappa shape index (κ3) is 1.89. The van der Waals surface area contributed by atoms with Crippen molar-refractivity contribution in [3.05, 3.63) is 22.8 Å². The molecule has 2 aliphatic rings. The molecule has 0 N–H and O–H groups in total. The molecule has 0 aromatic heterocycles. The summed E-state index contributed by atoms with van der Waals surface area (Å²) in [5.74, 6) is 1.87. The molecule has 0 aliphatic carbocycles. The summed E-state index contributed by atoms with van der Waals surface area (Å²) in [6, 6.07) is 2.09. The van der Waals surface area contributed by atoms with E-state index in [2.05, 4.69) is 11.1 Å². The van der Waals surface area contributed by atoms with Gasteiger partial charge in [0.2, 0.25) is 6.08 Å². The highest BCUT2D eigenvalue weighted by atomic mass is 16.5. The second-order valence-electron chi connectivity index (χ2n) is 4.63. The van der Waals surface area contributed by atoms with E-state index in [4.69, 9.17) is 9.47 Å². The SMILES string of the molecule is O=C=NCc1c2c(cc3c1OCCC3)OCCC2. The van der Waals surface area contributed by atoms with Gasteiger partial charge in [-0.1, -0.05) is 0 Å². The molecule has 0 spiro atoms. The zero-order valence-electron chi connectivity index (χ0n) is 10.2. The van der Waals surface area contributed by atoms with Gasteiger partial charge < -0.3 is 9.47 Å². The van der Waals surface area contributed by atoms with Crippen molar-refractivity contribution in [2.45, 2.75) is 32.2 Å². The fourth-order valence-corrected chi connectivity index (χ4v) is 2.71. The van der Waals surface area contributed by atoms with Gasteiger partial charge in [0, 0.05) is 11.1 Å². The molecule has 3 rings (SSSR count). The number of fused-ring (bicyclic) bond motifs is 2. The minimum absolute atomic E-state index is 0.346. The number of carbonyl (C=O) groups excluding carboxylic acids is 1. The summed E-state index contributed by atoms with van der Waals surface area (Å²) in [6.45, 7) is 1.85. The molecular weight excluding hydrogens is 230 g/mol. The van der Waals surface area contributed by atoms with Crippen molar-refractivity contribution in [2.24, 2.45) is 4.99 Å². The molecule has 0 atom stereocenters. The number of hydrogen-bond donors (Lipinski definition) is 0. The zero-order valence-corrected chi connectivity index (χ0v) is 10.2. The Hall–Kier alpha value is -1.80. The van der Waals surface area contributed by atoms with E-state index in [9.17, 15) is 4.79 Å². The average Bonchev–Trinajstić information content (AvgIpc) is 2.43. The van der Waals surface area contributed by atoms with Gasteiger partial charge in [0.05, 0.1) is 19.8 Å². The molecule has 2 aliphatic heterocycles. The predicted molar refractivity (Wildman–Crippen MR) is 65.9 cm³/mol. The summed E-state index contributed by atoms with van der Waals surface area (Å²) >= 11 is 0. The first-order chi connectivity index (χ1) is 8.90. The number of aryl methyl sites for hydroxylation is 1. The molecule has 1 aromatic carbocycles. The van der Waals surface area contributed by atoms with Crippen LogP contribution in [0.4, 0.5) is 0 Å². The Balaban J connectivity index is 2.13. The van der Waals surface area contributed by atoms with Gasteiger partial charge in [-0.15, -0.1) is 0 Å². The number of nitrogens with zero attached hydrogens (tertiary/aromatic N) is 1. The quantitative estimate of drug-likeness (QED) is 0.592.